The van der Waals surface area contributed by atoms with Gasteiger partial charge in [0.2, 0.25) is 17.7 Å². The van der Waals surface area contributed by atoms with E-state index in [9.17, 15) is 24.3 Å². The van der Waals surface area contributed by atoms with Crippen LogP contribution in [0.5, 0.6) is 0 Å². The van der Waals surface area contributed by atoms with Gasteiger partial charge < -0.3 is 25.4 Å². The van der Waals surface area contributed by atoms with Gasteiger partial charge in [-0.15, -0.1) is 11.3 Å². The Hall–Kier alpha value is -3.31. The third kappa shape index (κ3) is 8.84. The van der Waals surface area contributed by atoms with E-state index in [1.165, 1.54) is 4.90 Å². The quantitative estimate of drug-likeness (QED) is 0.371. The molecule has 1 fully saturated rings. The monoisotopic (exact) mass is 600 g/mol. The minimum atomic E-state index is -0.968. The lowest BCUT2D eigenvalue weighted by Gasteiger charge is -2.35. The number of rotatable bonds is 9. The Kier molecular flexibility index (Phi) is 10.5. The van der Waals surface area contributed by atoms with E-state index in [0.717, 1.165) is 21.7 Å². The molecule has 3 amide bonds. The molecule has 0 radical (unpaired) electrons. The van der Waals surface area contributed by atoms with Crippen molar-refractivity contribution in [3.8, 4) is 10.4 Å². The van der Waals surface area contributed by atoms with Crippen LogP contribution in [0.3, 0.4) is 0 Å². The number of benzene rings is 1. The number of thiazole rings is 1. The second-order valence-electron chi connectivity index (χ2n) is 13.0. The number of nitrogens with zero attached hydrogens (tertiary/aromatic N) is 2. The molecule has 2 heterocycles. The molecule has 42 heavy (non-hydrogen) atoms. The number of carbonyl (C=O) groups is 4. The molecule has 1 saturated heterocycles. The number of amides is 3. The molecule has 0 saturated carbocycles. The van der Waals surface area contributed by atoms with E-state index in [4.69, 9.17) is 4.74 Å². The molecule has 0 aliphatic carbocycles. The predicted octanol–water partition coefficient (Wildman–Crippen LogP) is 3.91. The number of ether oxygens (including phenoxy) is 1. The van der Waals surface area contributed by atoms with Gasteiger partial charge in [-0.2, -0.15) is 0 Å². The average molecular weight is 601 g/mol. The summed E-state index contributed by atoms with van der Waals surface area (Å²) in [5.74, 6) is -1.81. The number of aromatic nitrogens is 1. The SMILES string of the molecule is Cc1ncsc1-c1ccc([C@H](C)NC(=O)[C@@H]2C[C@@H](O)CN2C(=O)[C@@H](NC(=O)CCC(=O)OC(C)(C)C)C(C)(C)C)cc1. The topological polar surface area (TPSA) is 138 Å². The highest BCUT2D eigenvalue weighted by molar-refractivity contribution is 7.13. The molecule has 3 N–H and O–H groups in total. The molecule has 2 aromatic rings. The maximum Gasteiger partial charge on any atom is 0.306 e. The number of nitrogens with one attached hydrogen (secondary N) is 2. The predicted molar refractivity (Wildman–Crippen MR) is 161 cm³/mol. The van der Waals surface area contributed by atoms with Gasteiger partial charge in [-0.05, 0) is 51.2 Å². The highest BCUT2D eigenvalue weighted by Crippen LogP contribution is 2.29. The summed E-state index contributed by atoms with van der Waals surface area (Å²) in [6.45, 7) is 14.5. The lowest BCUT2D eigenvalue weighted by Crippen LogP contribution is -2.57. The zero-order valence-electron chi connectivity index (χ0n) is 25.8. The van der Waals surface area contributed by atoms with Crippen LogP contribution in [-0.2, 0) is 23.9 Å². The van der Waals surface area contributed by atoms with Crippen molar-refractivity contribution in [2.24, 2.45) is 5.41 Å². The fourth-order valence-electron chi connectivity index (χ4n) is 4.86. The van der Waals surface area contributed by atoms with E-state index in [0.29, 0.717) is 0 Å². The molecule has 0 unspecified atom stereocenters. The standard InChI is InChI=1S/C31H44N4O6S/c1-18(20-9-11-21(12-10-20)26-19(2)32-17-42-26)33-28(39)23-15-22(36)16-35(23)29(40)27(30(3,4)5)34-24(37)13-14-25(38)41-31(6,7)8/h9-12,17-18,22-23,27,36H,13-16H2,1-8H3,(H,33,39)(H,34,37)/t18-,22+,23-,27+/m0/s1. The van der Waals surface area contributed by atoms with Crippen LogP contribution in [0.4, 0.5) is 0 Å². The fraction of sp³-hybridized carbons (Fsp3) is 0.581. The first-order chi connectivity index (χ1) is 19.5. The summed E-state index contributed by atoms with van der Waals surface area (Å²) in [6, 6.07) is 5.69. The minimum absolute atomic E-state index is 0.0193. The molecule has 3 rings (SSSR count). The normalized spacial score (nSPS) is 18.7. The summed E-state index contributed by atoms with van der Waals surface area (Å²) < 4.78 is 5.26. The maximum atomic E-state index is 13.8. The third-order valence-electron chi connectivity index (χ3n) is 7.04. The van der Waals surface area contributed by atoms with Gasteiger partial charge in [-0.1, -0.05) is 45.0 Å². The smallest absolute Gasteiger partial charge is 0.306 e. The number of carbonyl (C=O) groups excluding carboxylic acids is 4. The van der Waals surface area contributed by atoms with Crippen molar-refractivity contribution in [3.63, 3.8) is 0 Å². The Balaban J connectivity index is 1.67. The summed E-state index contributed by atoms with van der Waals surface area (Å²) in [7, 11) is 0. The van der Waals surface area contributed by atoms with Crippen LogP contribution in [0.1, 0.15) is 85.0 Å². The number of hydrogen-bond donors (Lipinski definition) is 3. The second-order valence-corrected chi connectivity index (χ2v) is 13.8. The summed E-state index contributed by atoms with van der Waals surface area (Å²) in [5, 5.41) is 16.2. The number of β-amino-alcohol motifs (C(OH)–C–C–N with tert-alkyl or cyclic N) is 1. The van der Waals surface area contributed by atoms with Crippen molar-refractivity contribution >= 4 is 35.0 Å². The van der Waals surface area contributed by atoms with E-state index >= 15 is 0 Å². The number of aliphatic hydroxyl groups is 1. The Labute approximate surface area is 252 Å². The number of aryl methyl sites for hydroxylation is 1. The molecule has 1 aromatic carbocycles. The van der Waals surface area contributed by atoms with Crippen LogP contribution in [0.2, 0.25) is 0 Å². The molecule has 230 valence electrons. The van der Waals surface area contributed by atoms with Gasteiger partial charge in [0.15, 0.2) is 0 Å². The van der Waals surface area contributed by atoms with Gasteiger partial charge in [-0.3, -0.25) is 19.2 Å². The molecule has 4 atom stereocenters. The Morgan fingerprint density at radius 1 is 1.07 bits per heavy atom. The van der Waals surface area contributed by atoms with Gasteiger partial charge in [-0.25, -0.2) is 4.98 Å². The van der Waals surface area contributed by atoms with Gasteiger partial charge in [0.05, 0.1) is 34.6 Å². The largest absolute Gasteiger partial charge is 0.460 e. The Bertz CT molecular complexity index is 1280. The number of aliphatic hydroxyl groups excluding tert-OH is 1. The number of esters is 1. The first kappa shape index (κ1) is 33.2. The van der Waals surface area contributed by atoms with Crippen LogP contribution >= 0.6 is 11.3 Å². The zero-order chi connectivity index (χ0) is 31.4. The zero-order valence-corrected chi connectivity index (χ0v) is 26.6. The van der Waals surface area contributed by atoms with Crippen LogP contribution in [-0.4, -0.2) is 69.0 Å². The Morgan fingerprint density at radius 2 is 1.71 bits per heavy atom. The first-order valence-electron chi connectivity index (χ1n) is 14.3. The van der Waals surface area contributed by atoms with E-state index in [-0.39, 0.29) is 37.8 Å². The molecular weight excluding hydrogens is 556 g/mol. The third-order valence-corrected chi connectivity index (χ3v) is 8.01. The molecule has 0 bridgehead atoms. The van der Waals surface area contributed by atoms with E-state index in [1.54, 1.807) is 32.1 Å². The van der Waals surface area contributed by atoms with Crippen LogP contribution < -0.4 is 10.6 Å². The molecule has 1 aromatic heterocycles. The number of hydrogen-bond acceptors (Lipinski definition) is 8. The van der Waals surface area contributed by atoms with Gasteiger partial charge >= 0.3 is 5.97 Å². The van der Waals surface area contributed by atoms with E-state index in [1.807, 2.05) is 64.4 Å². The van der Waals surface area contributed by atoms with Crippen molar-refractivity contribution < 1.29 is 29.0 Å². The van der Waals surface area contributed by atoms with Crippen molar-refractivity contribution in [2.75, 3.05) is 6.54 Å². The molecule has 10 nitrogen and oxygen atoms in total. The van der Waals surface area contributed by atoms with Crippen LogP contribution in [0, 0.1) is 12.3 Å². The molecule has 11 heteroatoms. The van der Waals surface area contributed by atoms with Gasteiger partial charge in [0, 0.05) is 19.4 Å². The lowest BCUT2D eigenvalue weighted by atomic mass is 9.85. The van der Waals surface area contributed by atoms with Crippen molar-refractivity contribution in [3.05, 3.63) is 41.0 Å². The fourth-order valence-corrected chi connectivity index (χ4v) is 5.67. The minimum Gasteiger partial charge on any atom is -0.460 e. The van der Waals surface area contributed by atoms with Crippen LogP contribution in [0.15, 0.2) is 29.8 Å². The summed E-state index contributed by atoms with van der Waals surface area (Å²) in [4.78, 5) is 58.8. The van der Waals surface area contributed by atoms with E-state index in [2.05, 4.69) is 15.6 Å². The maximum absolute atomic E-state index is 13.8. The van der Waals surface area contributed by atoms with Crippen molar-refractivity contribution in [1.29, 1.82) is 0 Å². The van der Waals surface area contributed by atoms with Gasteiger partial charge in [0.25, 0.3) is 0 Å². The highest BCUT2D eigenvalue weighted by Gasteiger charge is 2.44. The molecule has 0 spiro atoms. The number of likely N-dealkylation sites (tertiary alicyclic amines) is 1. The summed E-state index contributed by atoms with van der Waals surface area (Å²) in [5.41, 5.74) is 3.37. The lowest BCUT2D eigenvalue weighted by molar-refractivity contribution is -0.155. The summed E-state index contributed by atoms with van der Waals surface area (Å²) >= 11 is 1.57. The molecule has 1 aliphatic heterocycles. The van der Waals surface area contributed by atoms with Crippen molar-refractivity contribution in [2.45, 2.75) is 104 Å². The van der Waals surface area contributed by atoms with Crippen molar-refractivity contribution in [1.82, 2.24) is 20.5 Å². The Morgan fingerprint density at radius 3 is 2.26 bits per heavy atom. The van der Waals surface area contributed by atoms with Gasteiger partial charge in [0.1, 0.15) is 17.7 Å². The molecule has 1 aliphatic rings. The van der Waals surface area contributed by atoms with Crippen LogP contribution in [0.25, 0.3) is 10.4 Å². The molecular formula is C31H44N4O6S. The second kappa shape index (κ2) is 13.3. The average Bonchev–Trinajstić information content (AvgIpc) is 3.49. The first-order valence-corrected chi connectivity index (χ1v) is 15.1. The van der Waals surface area contributed by atoms with E-state index < -0.39 is 47.0 Å². The highest BCUT2D eigenvalue weighted by atomic mass is 32.1. The summed E-state index contributed by atoms with van der Waals surface area (Å²) in [6.07, 6.45) is -1.03.